The number of hydrogen-bond donors (Lipinski definition) is 3. The minimum atomic E-state index is -4.09. The summed E-state index contributed by atoms with van der Waals surface area (Å²) in [5, 5.41) is 9.68. The fourth-order valence-electron chi connectivity index (χ4n) is 2.80. The molecule has 10 heteroatoms. The van der Waals surface area contributed by atoms with Gasteiger partial charge < -0.3 is 5.11 Å². The van der Waals surface area contributed by atoms with Crippen molar-refractivity contribution in [2.45, 2.75) is 23.6 Å². The Labute approximate surface area is 180 Å². The molecule has 0 fully saturated rings. The van der Waals surface area contributed by atoms with Crippen LogP contribution in [-0.4, -0.2) is 27.9 Å². The predicted molar refractivity (Wildman–Crippen MR) is 117 cm³/mol. The van der Waals surface area contributed by atoms with Gasteiger partial charge in [-0.3, -0.25) is 9.44 Å². The first-order valence-electron chi connectivity index (χ1n) is 9.05. The van der Waals surface area contributed by atoms with Crippen LogP contribution in [0, 0.1) is 13.8 Å². The lowest BCUT2D eigenvalue weighted by Gasteiger charge is -2.15. The van der Waals surface area contributed by atoms with Crippen molar-refractivity contribution < 1.29 is 26.7 Å². The molecule has 3 aromatic carbocycles. The van der Waals surface area contributed by atoms with E-state index in [-0.39, 0.29) is 21.2 Å². The molecule has 0 aromatic heterocycles. The van der Waals surface area contributed by atoms with Crippen molar-refractivity contribution in [1.82, 2.24) is 0 Å². The molecule has 0 heterocycles. The third-order valence-electron chi connectivity index (χ3n) is 4.43. The van der Waals surface area contributed by atoms with Crippen molar-refractivity contribution in [2.24, 2.45) is 0 Å². The minimum Gasteiger partial charge on any atom is -0.478 e. The van der Waals surface area contributed by atoms with E-state index in [4.69, 9.17) is 0 Å². The number of nitrogens with one attached hydrogen (secondary N) is 2. The number of aromatic carboxylic acids is 1. The van der Waals surface area contributed by atoms with Gasteiger partial charge in [-0.15, -0.1) is 0 Å². The van der Waals surface area contributed by atoms with Gasteiger partial charge in [-0.2, -0.15) is 0 Å². The number of hydrogen-bond acceptors (Lipinski definition) is 5. The van der Waals surface area contributed by atoms with E-state index in [9.17, 15) is 26.7 Å². The van der Waals surface area contributed by atoms with E-state index in [2.05, 4.69) is 9.44 Å². The SMILES string of the molecule is Cc1ccc(S(=O)(=O)Nc2cccc(NS(=O)(=O)c3ccc(C)cc3)c2C(=O)O)cc1. The Morgan fingerprint density at radius 3 is 1.35 bits per heavy atom. The van der Waals surface area contributed by atoms with Gasteiger partial charge in [-0.25, -0.2) is 21.6 Å². The first-order chi connectivity index (χ1) is 14.5. The third kappa shape index (κ3) is 5.04. The van der Waals surface area contributed by atoms with Gasteiger partial charge in [-0.1, -0.05) is 41.5 Å². The smallest absolute Gasteiger partial charge is 0.339 e. The van der Waals surface area contributed by atoms with Crippen LogP contribution in [-0.2, 0) is 20.0 Å². The molecular weight excluding hydrogens is 440 g/mol. The summed E-state index contributed by atoms with van der Waals surface area (Å²) >= 11 is 0. The lowest BCUT2D eigenvalue weighted by atomic mass is 10.1. The Balaban J connectivity index is 2.01. The largest absolute Gasteiger partial charge is 0.478 e. The first kappa shape index (κ1) is 22.3. The second-order valence-electron chi connectivity index (χ2n) is 6.87. The quantitative estimate of drug-likeness (QED) is 0.494. The topological polar surface area (TPSA) is 130 Å². The molecule has 31 heavy (non-hydrogen) atoms. The molecular formula is C21H20N2O6S2. The molecule has 0 amide bonds. The summed E-state index contributed by atoms with van der Waals surface area (Å²) in [4.78, 5) is 11.8. The summed E-state index contributed by atoms with van der Waals surface area (Å²) in [7, 11) is -8.19. The van der Waals surface area contributed by atoms with E-state index >= 15 is 0 Å². The van der Waals surface area contributed by atoms with Crippen LogP contribution in [0.1, 0.15) is 21.5 Å². The Bertz CT molecular complexity index is 1240. The van der Waals surface area contributed by atoms with Gasteiger partial charge in [0.2, 0.25) is 0 Å². The number of carboxylic acids is 1. The van der Waals surface area contributed by atoms with Crippen LogP contribution in [0.2, 0.25) is 0 Å². The Morgan fingerprint density at radius 1 is 0.677 bits per heavy atom. The molecule has 0 saturated carbocycles. The van der Waals surface area contributed by atoms with Gasteiger partial charge in [-0.05, 0) is 50.2 Å². The molecule has 0 aliphatic heterocycles. The summed E-state index contributed by atoms with van der Waals surface area (Å²) in [5.41, 5.74) is 0.665. The maximum atomic E-state index is 12.7. The lowest BCUT2D eigenvalue weighted by Crippen LogP contribution is -2.19. The lowest BCUT2D eigenvalue weighted by molar-refractivity contribution is 0.0699. The zero-order chi connectivity index (χ0) is 22.8. The van der Waals surface area contributed by atoms with Crippen LogP contribution in [0.15, 0.2) is 76.5 Å². The maximum absolute atomic E-state index is 12.7. The zero-order valence-corrected chi connectivity index (χ0v) is 18.3. The normalized spacial score (nSPS) is 11.7. The first-order valence-corrected chi connectivity index (χ1v) is 12.0. The molecule has 0 atom stereocenters. The van der Waals surface area contributed by atoms with E-state index in [1.807, 2.05) is 0 Å². The number of aryl methyl sites for hydroxylation is 2. The van der Waals surface area contributed by atoms with E-state index in [1.165, 1.54) is 42.5 Å². The van der Waals surface area contributed by atoms with Gasteiger partial charge in [0.15, 0.2) is 0 Å². The molecule has 3 rings (SSSR count). The van der Waals surface area contributed by atoms with Crippen molar-refractivity contribution >= 4 is 37.4 Å². The summed E-state index contributed by atoms with van der Waals surface area (Å²) in [6.07, 6.45) is 0. The Hall–Kier alpha value is -3.37. The predicted octanol–water partition coefficient (Wildman–Crippen LogP) is 3.60. The van der Waals surface area contributed by atoms with Crippen LogP contribution in [0.4, 0.5) is 11.4 Å². The summed E-state index contributed by atoms with van der Waals surface area (Å²) in [6, 6.07) is 15.9. The zero-order valence-electron chi connectivity index (χ0n) is 16.7. The molecule has 0 saturated heterocycles. The molecule has 0 aliphatic carbocycles. The number of carboxylic acid groups (broad SMARTS) is 1. The molecule has 0 unspecified atom stereocenters. The standard InChI is InChI=1S/C21H20N2O6S2/c1-14-6-10-16(11-7-14)30(26,27)22-18-4-3-5-19(20(18)21(24)25)23-31(28,29)17-12-8-15(2)9-13-17/h3-13,22-23H,1-2H3,(H,24,25). The molecule has 0 spiro atoms. The Morgan fingerprint density at radius 2 is 1.03 bits per heavy atom. The van der Waals surface area contributed by atoms with Crippen LogP contribution < -0.4 is 9.44 Å². The fraction of sp³-hybridized carbons (Fsp3) is 0.0952. The molecule has 0 bridgehead atoms. The highest BCUT2D eigenvalue weighted by Crippen LogP contribution is 2.29. The van der Waals surface area contributed by atoms with Crippen molar-refractivity contribution in [1.29, 1.82) is 0 Å². The maximum Gasteiger partial charge on any atom is 0.339 e. The molecule has 3 N–H and O–H groups in total. The minimum absolute atomic E-state index is 0.0555. The van der Waals surface area contributed by atoms with Crippen LogP contribution in [0.25, 0.3) is 0 Å². The monoisotopic (exact) mass is 460 g/mol. The highest BCUT2D eigenvalue weighted by molar-refractivity contribution is 7.93. The number of sulfonamides is 2. The van der Waals surface area contributed by atoms with Gasteiger partial charge in [0, 0.05) is 0 Å². The van der Waals surface area contributed by atoms with Crippen molar-refractivity contribution in [3.8, 4) is 0 Å². The van der Waals surface area contributed by atoms with Crippen molar-refractivity contribution in [3.63, 3.8) is 0 Å². The van der Waals surface area contributed by atoms with Crippen LogP contribution in [0.5, 0.6) is 0 Å². The van der Waals surface area contributed by atoms with Crippen LogP contribution >= 0.6 is 0 Å². The number of rotatable bonds is 7. The number of anilines is 2. The van der Waals surface area contributed by atoms with E-state index in [0.29, 0.717) is 0 Å². The molecule has 162 valence electrons. The average molecular weight is 461 g/mol. The molecule has 8 nitrogen and oxygen atoms in total. The summed E-state index contributed by atoms with van der Waals surface area (Å²) < 4.78 is 55.2. The summed E-state index contributed by atoms with van der Waals surface area (Å²) in [5.74, 6) is -1.50. The highest BCUT2D eigenvalue weighted by Gasteiger charge is 2.24. The van der Waals surface area contributed by atoms with Gasteiger partial charge in [0.05, 0.1) is 21.2 Å². The van der Waals surface area contributed by atoms with Gasteiger partial charge in [0.1, 0.15) is 5.56 Å². The second kappa shape index (κ2) is 8.40. The third-order valence-corrected chi connectivity index (χ3v) is 7.19. The van der Waals surface area contributed by atoms with Gasteiger partial charge in [0.25, 0.3) is 20.0 Å². The Kier molecular flexibility index (Phi) is 6.05. The summed E-state index contributed by atoms with van der Waals surface area (Å²) in [6.45, 7) is 3.60. The van der Waals surface area contributed by atoms with E-state index in [0.717, 1.165) is 11.1 Å². The fourth-order valence-corrected chi connectivity index (χ4v) is 4.94. The van der Waals surface area contributed by atoms with Crippen LogP contribution in [0.3, 0.4) is 0 Å². The average Bonchev–Trinajstić information content (AvgIpc) is 2.68. The van der Waals surface area contributed by atoms with Crippen molar-refractivity contribution in [3.05, 3.63) is 83.4 Å². The number of carbonyl (C=O) groups is 1. The highest BCUT2D eigenvalue weighted by atomic mass is 32.2. The van der Waals surface area contributed by atoms with E-state index < -0.39 is 31.6 Å². The second-order valence-corrected chi connectivity index (χ2v) is 10.2. The van der Waals surface area contributed by atoms with Crippen molar-refractivity contribution in [2.75, 3.05) is 9.44 Å². The molecule has 0 aliphatic rings. The van der Waals surface area contributed by atoms with E-state index in [1.54, 1.807) is 38.1 Å². The number of benzene rings is 3. The van der Waals surface area contributed by atoms with Gasteiger partial charge >= 0.3 is 5.97 Å². The molecule has 0 radical (unpaired) electrons. The molecule has 3 aromatic rings.